The largest absolute Gasteiger partial charge is 0.385 e. The summed E-state index contributed by atoms with van der Waals surface area (Å²) in [5.74, 6) is -0.149. The zero-order valence-electron chi connectivity index (χ0n) is 12.7. The number of hydrogen-bond acceptors (Lipinski definition) is 4. The van der Waals surface area contributed by atoms with E-state index in [2.05, 4.69) is 10.3 Å². The fourth-order valence-corrected chi connectivity index (χ4v) is 3.24. The number of carbonyl (C=O) groups is 2. The first-order valence-corrected chi connectivity index (χ1v) is 7.69. The molecule has 2 aliphatic rings. The Morgan fingerprint density at radius 3 is 2.82 bits per heavy atom. The van der Waals surface area contributed by atoms with Crippen molar-refractivity contribution in [1.29, 1.82) is 0 Å². The molecule has 2 heterocycles. The number of imide groups is 1. The van der Waals surface area contributed by atoms with E-state index in [1.165, 1.54) is 4.90 Å². The standard InChI is InChI=1S/C16H21N3O3/c1-22-10-6-12-14(20)19(15(21)18-12)11-16(7-4-8-16)13-5-2-3-9-17-13/h2-3,5,9,12H,4,6-8,10-11H2,1H3,(H,18,21). The van der Waals surface area contributed by atoms with Gasteiger partial charge in [-0.25, -0.2) is 4.79 Å². The van der Waals surface area contributed by atoms with E-state index in [0.29, 0.717) is 19.6 Å². The summed E-state index contributed by atoms with van der Waals surface area (Å²) in [5.41, 5.74) is 0.798. The average Bonchev–Trinajstić information content (AvgIpc) is 2.76. The highest BCUT2D eigenvalue weighted by atomic mass is 16.5. The van der Waals surface area contributed by atoms with Gasteiger partial charge in [0.1, 0.15) is 6.04 Å². The van der Waals surface area contributed by atoms with E-state index < -0.39 is 6.04 Å². The summed E-state index contributed by atoms with van der Waals surface area (Å²) in [4.78, 5) is 30.4. The van der Waals surface area contributed by atoms with Gasteiger partial charge in [0.15, 0.2) is 0 Å². The number of nitrogens with one attached hydrogen (secondary N) is 1. The molecule has 2 fully saturated rings. The molecule has 1 aliphatic heterocycles. The van der Waals surface area contributed by atoms with Gasteiger partial charge < -0.3 is 10.1 Å². The molecule has 1 aliphatic carbocycles. The minimum absolute atomic E-state index is 0.149. The normalized spacial score (nSPS) is 23.3. The molecule has 1 aromatic heterocycles. The molecule has 0 bridgehead atoms. The molecule has 1 atom stereocenters. The van der Waals surface area contributed by atoms with Crippen LogP contribution in [0.2, 0.25) is 0 Å². The first kappa shape index (κ1) is 15.0. The van der Waals surface area contributed by atoms with Crippen LogP contribution in [0.15, 0.2) is 24.4 Å². The van der Waals surface area contributed by atoms with Crippen molar-refractivity contribution in [2.45, 2.75) is 37.1 Å². The van der Waals surface area contributed by atoms with Crippen LogP contribution in [0, 0.1) is 0 Å². The number of carbonyl (C=O) groups excluding carboxylic acids is 2. The van der Waals surface area contributed by atoms with Gasteiger partial charge in [-0.05, 0) is 25.0 Å². The summed E-state index contributed by atoms with van der Waals surface area (Å²) in [6, 6.07) is 5.06. The lowest BCUT2D eigenvalue weighted by molar-refractivity contribution is -0.128. The molecule has 1 aromatic rings. The number of nitrogens with zero attached hydrogens (tertiary/aromatic N) is 2. The van der Waals surface area contributed by atoms with Gasteiger partial charge in [0.05, 0.1) is 0 Å². The topological polar surface area (TPSA) is 71.5 Å². The quantitative estimate of drug-likeness (QED) is 0.808. The lowest BCUT2D eigenvalue weighted by atomic mass is 9.66. The summed E-state index contributed by atoms with van der Waals surface area (Å²) in [6.45, 7) is 0.869. The highest BCUT2D eigenvalue weighted by Crippen LogP contribution is 2.43. The first-order valence-electron chi connectivity index (χ1n) is 7.69. The summed E-state index contributed by atoms with van der Waals surface area (Å²) >= 11 is 0. The van der Waals surface area contributed by atoms with Gasteiger partial charge in [0.25, 0.3) is 5.91 Å². The number of hydrogen-bond donors (Lipinski definition) is 1. The van der Waals surface area contributed by atoms with Crippen molar-refractivity contribution < 1.29 is 14.3 Å². The fraction of sp³-hybridized carbons (Fsp3) is 0.562. The van der Waals surface area contributed by atoms with E-state index in [1.807, 2.05) is 18.2 Å². The van der Waals surface area contributed by atoms with Gasteiger partial charge in [-0.3, -0.25) is 14.7 Å². The molecular formula is C16H21N3O3. The zero-order valence-corrected chi connectivity index (χ0v) is 12.7. The lowest BCUT2D eigenvalue weighted by Gasteiger charge is -2.43. The fourth-order valence-electron chi connectivity index (χ4n) is 3.24. The van der Waals surface area contributed by atoms with Crippen LogP contribution < -0.4 is 5.32 Å². The monoisotopic (exact) mass is 303 g/mol. The van der Waals surface area contributed by atoms with Crippen molar-refractivity contribution in [2.24, 2.45) is 0 Å². The minimum atomic E-state index is -0.465. The molecule has 6 nitrogen and oxygen atoms in total. The molecule has 3 amide bonds. The van der Waals surface area contributed by atoms with Gasteiger partial charge in [-0.15, -0.1) is 0 Å². The van der Waals surface area contributed by atoms with E-state index in [9.17, 15) is 9.59 Å². The van der Waals surface area contributed by atoms with Gasteiger partial charge in [0, 0.05) is 44.0 Å². The predicted molar refractivity (Wildman–Crippen MR) is 80.3 cm³/mol. The average molecular weight is 303 g/mol. The molecule has 22 heavy (non-hydrogen) atoms. The Balaban J connectivity index is 1.74. The van der Waals surface area contributed by atoms with Crippen molar-refractivity contribution in [2.75, 3.05) is 20.3 Å². The minimum Gasteiger partial charge on any atom is -0.385 e. The number of rotatable bonds is 6. The van der Waals surface area contributed by atoms with Crippen molar-refractivity contribution >= 4 is 11.9 Å². The SMILES string of the molecule is COCCC1NC(=O)N(CC2(c3ccccn3)CCC2)C1=O. The highest BCUT2D eigenvalue weighted by Gasteiger charge is 2.47. The summed E-state index contributed by atoms with van der Waals surface area (Å²) < 4.78 is 4.99. The molecule has 0 spiro atoms. The molecule has 1 unspecified atom stereocenters. The van der Waals surface area contributed by atoms with Crippen LogP contribution in [0.4, 0.5) is 4.79 Å². The van der Waals surface area contributed by atoms with Gasteiger partial charge in [-0.2, -0.15) is 0 Å². The highest BCUT2D eigenvalue weighted by molar-refractivity contribution is 6.04. The van der Waals surface area contributed by atoms with Gasteiger partial charge >= 0.3 is 6.03 Å². The Bertz CT molecular complexity index is 557. The van der Waals surface area contributed by atoms with Crippen LogP contribution in [0.25, 0.3) is 0 Å². The van der Waals surface area contributed by atoms with Crippen molar-refractivity contribution in [3.8, 4) is 0 Å². The summed E-state index contributed by atoms with van der Waals surface area (Å²) in [6.07, 6.45) is 5.30. The van der Waals surface area contributed by atoms with Crippen LogP contribution in [-0.2, 0) is 14.9 Å². The smallest absolute Gasteiger partial charge is 0.324 e. The molecule has 118 valence electrons. The number of amides is 3. The predicted octanol–water partition coefficient (Wildman–Crippen LogP) is 1.46. The van der Waals surface area contributed by atoms with E-state index in [0.717, 1.165) is 25.0 Å². The number of ether oxygens (including phenoxy) is 1. The Morgan fingerprint density at radius 2 is 2.23 bits per heavy atom. The maximum Gasteiger partial charge on any atom is 0.324 e. The number of pyridine rings is 1. The zero-order chi connectivity index (χ0) is 15.6. The van der Waals surface area contributed by atoms with E-state index in [-0.39, 0.29) is 17.4 Å². The molecule has 1 saturated carbocycles. The van der Waals surface area contributed by atoms with Crippen LogP contribution in [0.3, 0.4) is 0 Å². The van der Waals surface area contributed by atoms with Crippen LogP contribution in [0.1, 0.15) is 31.4 Å². The van der Waals surface area contributed by atoms with E-state index in [4.69, 9.17) is 4.74 Å². The summed E-state index contributed by atoms with van der Waals surface area (Å²) in [5, 5.41) is 2.75. The second-order valence-corrected chi connectivity index (χ2v) is 6.06. The third kappa shape index (κ3) is 2.59. The van der Waals surface area contributed by atoms with Crippen LogP contribution >= 0.6 is 0 Å². The third-order valence-electron chi connectivity index (χ3n) is 4.70. The van der Waals surface area contributed by atoms with Crippen LogP contribution in [0.5, 0.6) is 0 Å². The molecule has 1 N–H and O–H groups in total. The van der Waals surface area contributed by atoms with Crippen molar-refractivity contribution in [3.63, 3.8) is 0 Å². The third-order valence-corrected chi connectivity index (χ3v) is 4.70. The summed E-state index contributed by atoms with van der Waals surface area (Å²) in [7, 11) is 1.59. The van der Waals surface area contributed by atoms with Crippen molar-refractivity contribution in [3.05, 3.63) is 30.1 Å². The molecule has 3 rings (SSSR count). The number of urea groups is 1. The second kappa shape index (κ2) is 6.04. The molecule has 1 saturated heterocycles. The van der Waals surface area contributed by atoms with Crippen LogP contribution in [-0.4, -0.2) is 48.1 Å². The first-order chi connectivity index (χ1) is 10.7. The van der Waals surface area contributed by atoms with Gasteiger partial charge in [0.2, 0.25) is 0 Å². The Hall–Kier alpha value is -1.95. The van der Waals surface area contributed by atoms with E-state index in [1.54, 1.807) is 13.3 Å². The molecule has 0 aromatic carbocycles. The molecular weight excluding hydrogens is 282 g/mol. The molecule has 0 radical (unpaired) electrons. The Kier molecular flexibility index (Phi) is 4.11. The maximum absolute atomic E-state index is 12.4. The van der Waals surface area contributed by atoms with Gasteiger partial charge in [-0.1, -0.05) is 12.5 Å². The molecule has 6 heteroatoms. The number of methoxy groups -OCH3 is 1. The Labute approximate surface area is 129 Å². The maximum atomic E-state index is 12.4. The van der Waals surface area contributed by atoms with Crippen molar-refractivity contribution in [1.82, 2.24) is 15.2 Å². The van der Waals surface area contributed by atoms with E-state index >= 15 is 0 Å². The Morgan fingerprint density at radius 1 is 1.41 bits per heavy atom. The number of aromatic nitrogens is 1. The lowest BCUT2D eigenvalue weighted by Crippen LogP contribution is -2.48. The second-order valence-electron chi connectivity index (χ2n) is 6.06.